The number of hydrogen-bond acceptors (Lipinski definition) is 4. The van der Waals surface area contributed by atoms with Crippen molar-refractivity contribution in [3.8, 4) is 11.3 Å². The number of piperazine rings is 1. The fraction of sp³-hybridized carbons (Fsp3) is 0.320. The zero-order chi connectivity index (χ0) is 23.8. The number of rotatable bonds is 2. The third kappa shape index (κ3) is 5.47. The van der Waals surface area contributed by atoms with Crippen molar-refractivity contribution >= 4 is 50.4 Å². The minimum atomic E-state index is -0.550. The molecule has 33 heavy (non-hydrogen) atoms. The number of fused-ring (bicyclic) bond motifs is 1. The molecule has 0 atom stereocenters. The van der Waals surface area contributed by atoms with E-state index >= 15 is 0 Å². The van der Waals surface area contributed by atoms with E-state index in [0.29, 0.717) is 42.5 Å². The van der Waals surface area contributed by atoms with Crippen molar-refractivity contribution in [3.63, 3.8) is 0 Å². The SMILES string of the molecule is CC(C)(C)OC(=O)N1CCN(C(=O)c2cc(-c3ccc(Cl)cc3)nc3ccc(Br)cc23)CC1. The minimum Gasteiger partial charge on any atom is -0.444 e. The van der Waals surface area contributed by atoms with Gasteiger partial charge in [-0.25, -0.2) is 9.78 Å². The largest absolute Gasteiger partial charge is 0.444 e. The van der Waals surface area contributed by atoms with E-state index in [1.807, 2.05) is 69.3 Å². The Balaban J connectivity index is 1.62. The second-order valence-electron chi connectivity index (χ2n) is 8.98. The van der Waals surface area contributed by atoms with Crippen LogP contribution >= 0.6 is 27.5 Å². The molecule has 0 unspecified atom stereocenters. The Bertz CT molecular complexity index is 1200. The summed E-state index contributed by atoms with van der Waals surface area (Å²) in [7, 11) is 0. The van der Waals surface area contributed by atoms with E-state index in [2.05, 4.69) is 15.9 Å². The summed E-state index contributed by atoms with van der Waals surface area (Å²) >= 11 is 9.55. The predicted molar refractivity (Wildman–Crippen MR) is 134 cm³/mol. The zero-order valence-corrected chi connectivity index (χ0v) is 21.1. The molecule has 172 valence electrons. The number of carbonyl (C=O) groups is 2. The maximum atomic E-state index is 13.6. The van der Waals surface area contributed by atoms with Crippen molar-refractivity contribution < 1.29 is 14.3 Å². The van der Waals surface area contributed by atoms with Gasteiger partial charge in [0.1, 0.15) is 5.60 Å². The summed E-state index contributed by atoms with van der Waals surface area (Å²) in [5, 5.41) is 1.42. The number of nitrogens with zero attached hydrogens (tertiary/aromatic N) is 3. The van der Waals surface area contributed by atoms with Crippen molar-refractivity contribution in [2.75, 3.05) is 26.2 Å². The fourth-order valence-corrected chi connectivity index (χ4v) is 4.22. The maximum Gasteiger partial charge on any atom is 0.410 e. The van der Waals surface area contributed by atoms with Crippen molar-refractivity contribution in [2.45, 2.75) is 26.4 Å². The van der Waals surface area contributed by atoms with E-state index in [0.717, 1.165) is 20.9 Å². The number of benzene rings is 2. The molecule has 2 heterocycles. The number of carbonyl (C=O) groups excluding carboxylic acids is 2. The lowest BCUT2D eigenvalue weighted by molar-refractivity contribution is 0.0141. The average Bonchev–Trinajstić information content (AvgIpc) is 2.77. The molecule has 6 nitrogen and oxygen atoms in total. The molecule has 3 aromatic rings. The van der Waals surface area contributed by atoms with E-state index in [4.69, 9.17) is 21.3 Å². The summed E-state index contributed by atoms with van der Waals surface area (Å²) in [6, 6.07) is 15.0. The molecule has 2 aromatic carbocycles. The molecule has 0 saturated carbocycles. The van der Waals surface area contributed by atoms with Crippen LogP contribution in [0.15, 0.2) is 53.0 Å². The van der Waals surface area contributed by atoms with Crippen molar-refractivity contribution in [1.82, 2.24) is 14.8 Å². The molecule has 1 aliphatic rings. The summed E-state index contributed by atoms with van der Waals surface area (Å²) < 4.78 is 6.34. The van der Waals surface area contributed by atoms with E-state index in [9.17, 15) is 9.59 Å². The van der Waals surface area contributed by atoms with Gasteiger partial charge in [-0.3, -0.25) is 4.79 Å². The van der Waals surface area contributed by atoms with Crippen LogP contribution in [-0.2, 0) is 4.74 Å². The van der Waals surface area contributed by atoms with Gasteiger partial charge in [-0.05, 0) is 57.2 Å². The standard InChI is InChI=1S/C25H25BrClN3O3/c1-25(2,3)33-24(32)30-12-10-29(11-13-30)23(31)20-15-22(16-4-7-18(27)8-5-16)28-21-9-6-17(26)14-19(20)21/h4-9,14-15H,10-13H2,1-3H3. The van der Waals surface area contributed by atoms with Crippen LogP contribution in [-0.4, -0.2) is 58.6 Å². The summed E-state index contributed by atoms with van der Waals surface area (Å²) in [5.41, 5.74) is 2.36. The summed E-state index contributed by atoms with van der Waals surface area (Å²) in [6.45, 7) is 7.26. The van der Waals surface area contributed by atoms with Gasteiger partial charge in [0.25, 0.3) is 5.91 Å². The van der Waals surface area contributed by atoms with Crippen molar-refractivity contribution in [3.05, 3.63) is 63.6 Å². The lowest BCUT2D eigenvalue weighted by Crippen LogP contribution is -2.51. The number of amides is 2. The van der Waals surface area contributed by atoms with Crippen LogP contribution in [0.25, 0.3) is 22.2 Å². The van der Waals surface area contributed by atoms with Gasteiger partial charge in [-0.1, -0.05) is 39.7 Å². The van der Waals surface area contributed by atoms with Crippen LogP contribution in [0.5, 0.6) is 0 Å². The molecule has 4 rings (SSSR count). The Morgan fingerprint density at radius 3 is 2.24 bits per heavy atom. The van der Waals surface area contributed by atoms with Crippen LogP contribution in [0.2, 0.25) is 5.02 Å². The van der Waals surface area contributed by atoms with Gasteiger partial charge in [0, 0.05) is 46.6 Å². The van der Waals surface area contributed by atoms with Crippen LogP contribution < -0.4 is 0 Å². The van der Waals surface area contributed by atoms with E-state index in [1.54, 1.807) is 9.80 Å². The van der Waals surface area contributed by atoms with Crippen LogP contribution in [0.1, 0.15) is 31.1 Å². The van der Waals surface area contributed by atoms with E-state index in [1.165, 1.54) is 0 Å². The molecule has 1 saturated heterocycles. The topological polar surface area (TPSA) is 62.7 Å². The number of halogens is 2. The molecule has 0 radical (unpaired) electrons. The molecular formula is C25H25BrClN3O3. The molecule has 8 heteroatoms. The van der Waals surface area contributed by atoms with Gasteiger partial charge in [0.2, 0.25) is 0 Å². The van der Waals surface area contributed by atoms with Gasteiger partial charge < -0.3 is 14.5 Å². The Morgan fingerprint density at radius 2 is 1.61 bits per heavy atom. The third-order valence-corrected chi connectivity index (χ3v) is 6.10. The first kappa shape index (κ1) is 23.5. The molecule has 1 aliphatic heterocycles. The van der Waals surface area contributed by atoms with Gasteiger partial charge in [0.05, 0.1) is 16.8 Å². The first-order valence-corrected chi connectivity index (χ1v) is 11.9. The summed E-state index contributed by atoms with van der Waals surface area (Å²) in [6.07, 6.45) is -0.349. The van der Waals surface area contributed by atoms with Gasteiger partial charge in [-0.2, -0.15) is 0 Å². The third-order valence-electron chi connectivity index (χ3n) is 5.36. The lowest BCUT2D eigenvalue weighted by Gasteiger charge is -2.35. The van der Waals surface area contributed by atoms with Crippen LogP contribution in [0.4, 0.5) is 4.79 Å². The smallest absolute Gasteiger partial charge is 0.410 e. The zero-order valence-electron chi connectivity index (χ0n) is 18.8. The molecular weight excluding hydrogens is 506 g/mol. The molecule has 2 amide bonds. The average molecular weight is 531 g/mol. The fourth-order valence-electron chi connectivity index (χ4n) is 3.73. The Kier molecular flexibility index (Phi) is 6.64. The molecule has 1 aromatic heterocycles. The molecule has 0 aliphatic carbocycles. The second kappa shape index (κ2) is 9.31. The van der Waals surface area contributed by atoms with E-state index in [-0.39, 0.29) is 12.0 Å². The van der Waals surface area contributed by atoms with Gasteiger partial charge >= 0.3 is 6.09 Å². The monoisotopic (exact) mass is 529 g/mol. The minimum absolute atomic E-state index is 0.0837. The Labute approximate surface area is 206 Å². The molecule has 1 fully saturated rings. The highest BCUT2D eigenvalue weighted by molar-refractivity contribution is 9.10. The molecule has 0 bridgehead atoms. The predicted octanol–water partition coefficient (Wildman–Crippen LogP) is 6.01. The van der Waals surface area contributed by atoms with Crippen molar-refractivity contribution in [1.29, 1.82) is 0 Å². The molecule has 0 N–H and O–H groups in total. The van der Waals surface area contributed by atoms with Crippen LogP contribution in [0, 0.1) is 0 Å². The Morgan fingerprint density at radius 1 is 0.970 bits per heavy atom. The first-order chi connectivity index (χ1) is 15.6. The summed E-state index contributed by atoms with van der Waals surface area (Å²) in [4.78, 5) is 34.2. The number of hydrogen-bond donors (Lipinski definition) is 0. The maximum absolute atomic E-state index is 13.6. The summed E-state index contributed by atoms with van der Waals surface area (Å²) in [5.74, 6) is -0.0837. The van der Waals surface area contributed by atoms with E-state index < -0.39 is 5.60 Å². The second-order valence-corrected chi connectivity index (χ2v) is 10.3. The van der Waals surface area contributed by atoms with Gasteiger partial charge in [-0.15, -0.1) is 0 Å². The normalized spacial score (nSPS) is 14.5. The van der Waals surface area contributed by atoms with Crippen molar-refractivity contribution in [2.24, 2.45) is 0 Å². The lowest BCUT2D eigenvalue weighted by atomic mass is 10.0. The Hall–Kier alpha value is -2.64. The van der Waals surface area contributed by atoms with Crippen LogP contribution in [0.3, 0.4) is 0 Å². The highest BCUT2D eigenvalue weighted by Crippen LogP contribution is 2.29. The highest BCUT2D eigenvalue weighted by Gasteiger charge is 2.29. The first-order valence-electron chi connectivity index (χ1n) is 10.7. The number of aromatic nitrogens is 1. The quantitative estimate of drug-likeness (QED) is 0.407. The number of ether oxygens (including phenoxy) is 1. The highest BCUT2D eigenvalue weighted by atomic mass is 79.9. The molecule has 0 spiro atoms. The number of pyridine rings is 1. The van der Waals surface area contributed by atoms with Gasteiger partial charge in [0.15, 0.2) is 0 Å².